The van der Waals surface area contributed by atoms with Gasteiger partial charge in [0.25, 0.3) is 0 Å². The number of nitrogens with one attached hydrogen (secondary N) is 1. The normalized spacial score (nSPS) is 12.6. The van der Waals surface area contributed by atoms with Crippen LogP contribution in [-0.4, -0.2) is 4.98 Å². The van der Waals surface area contributed by atoms with Crippen LogP contribution in [0.3, 0.4) is 0 Å². The van der Waals surface area contributed by atoms with Gasteiger partial charge in [0.1, 0.15) is 5.76 Å². The van der Waals surface area contributed by atoms with Crippen LogP contribution in [0, 0.1) is 0 Å². The molecule has 0 radical (unpaired) electrons. The van der Waals surface area contributed by atoms with Crippen molar-refractivity contribution in [3.63, 3.8) is 0 Å². The fourth-order valence-corrected chi connectivity index (χ4v) is 1.78. The fraction of sp³-hybridized carbons (Fsp3) is 0.250. The second-order valence-electron chi connectivity index (χ2n) is 3.56. The average Bonchev–Trinajstić information content (AvgIpc) is 2.73. The van der Waals surface area contributed by atoms with Crippen molar-refractivity contribution in [3.8, 4) is 0 Å². The van der Waals surface area contributed by atoms with Gasteiger partial charge in [0.15, 0.2) is 4.67 Å². The molecule has 0 saturated heterocycles. The highest BCUT2D eigenvalue weighted by molar-refractivity contribution is 9.10. The Morgan fingerprint density at radius 3 is 2.88 bits per heavy atom. The topological polar surface area (TPSA) is 38.1 Å². The molecule has 2 aromatic heterocycles. The average molecular weight is 281 g/mol. The van der Waals surface area contributed by atoms with Crippen LogP contribution < -0.4 is 5.32 Å². The van der Waals surface area contributed by atoms with Gasteiger partial charge in [-0.25, -0.2) is 0 Å². The molecule has 0 amide bonds. The summed E-state index contributed by atoms with van der Waals surface area (Å²) in [6.07, 6.45) is 1.80. The van der Waals surface area contributed by atoms with Gasteiger partial charge in [-0.05, 0) is 47.1 Å². The molecule has 0 bridgehead atoms. The zero-order valence-electron chi connectivity index (χ0n) is 8.98. The van der Waals surface area contributed by atoms with Crippen LogP contribution in [0.1, 0.15) is 24.4 Å². The Hall–Kier alpha value is -1.13. The van der Waals surface area contributed by atoms with E-state index in [4.69, 9.17) is 4.42 Å². The van der Waals surface area contributed by atoms with E-state index in [1.165, 1.54) is 0 Å². The van der Waals surface area contributed by atoms with Crippen molar-refractivity contribution in [2.45, 2.75) is 19.5 Å². The minimum Gasteiger partial charge on any atom is -0.453 e. The molecule has 1 N–H and O–H groups in total. The number of halogens is 1. The summed E-state index contributed by atoms with van der Waals surface area (Å²) in [6, 6.07) is 9.97. The summed E-state index contributed by atoms with van der Waals surface area (Å²) < 4.78 is 6.16. The van der Waals surface area contributed by atoms with Crippen LogP contribution >= 0.6 is 15.9 Å². The van der Waals surface area contributed by atoms with Gasteiger partial charge in [0.2, 0.25) is 0 Å². The van der Waals surface area contributed by atoms with E-state index >= 15 is 0 Å². The first-order valence-corrected chi connectivity index (χ1v) is 5.93. The number of furan rings is 1. The number of nitrogens with zero attached hydrogens (tertiary/aromatic N) is 1. The monoisotopic (exact) mass is 280 g/mol. The van der Waals surface area contributed by atoms with Crippen molar-refractivity contribution in [3.05, 3.63) is 52.7 Å². The molecule has 0 fully saturated rings. The van der Waals surface area contributed by atoms with Gasteiger partial charge in [-0.1, -0.05) is 6.07 Å². The summed E-state index contributed by atoms with van der Waals surface area (Å²) in [5.41, 5.74) is 1.04. The Morgan fingerprint density at radius 2 is 2.25 bits per heavy atom. The van der Waals surface area contributed by atoms with Gasteiger partial charge in [-0.2, -0.15) is 0 Å². The number of hydrogen-bond acceptors (Lipinski definition) is 3. The first kappa shape index (κ1) is 11.4. The third-order valence-electron chi connectivity index (χ3n) is 2.34. The molecule has 3 nitrogen and oxygen atoms in total. The predicted octanol–water partition coefficient (Wildman–Crippen LogP) is 3.29. The molecule has 16 heavy (non-hydrogen) atoms. The largest absolute Gasteiger partial charge is 0.453 e. The van der Waals surface area contributed by atoms with Gasteiger partial charge in [-0.15, -0.1) is 0 Å². The molecule has 2 aromatic rings. The number of hydrogen-bond donors (Lipinski definition) is 1. The lowest BCUT2D eigenvalue weighted by Crippen LogP contribution is -2.18. The standard InChI is InChI=1S/C12H13BrN2O/c1-9(11-4-2-3-7-14-11)15-8-10-5-6-12(13)16-10/h2-7,9,15H,8H2,1H3. The maximum atomic E-state index is 5.40. The maximum Gasteiger partial charge on any atom is 0.169 e. The minimum atomic E-state index is 0.213. The number of pyridine rings is 1. The minimum absolute atomic E-state index is 0.213. The first-order chi connectivity index (χ1) is 7.75. The van der Waals surface area contributed by atoms with Crippen LogP contribution in [0.25, 0.3) is 0 Å². The summed E-state index contributed by atoms with van der Waals surface area (Å²) in [5, 5.41) is 3.35. The van der Waals surface area contributed by atoms with Crippen molar-refractivity contribution in [1.82, 2.24) is 10.3 Å². The van der Waals surface area contributed by atoms with Gasteiger partial charge < -0.3 is 9.73 Å². The molecule has 2 rings (SSSR count). The van der Waals surface area contributed by atoms with E-state index in [1.54, 1.807) is 6.20 Å². The molecule has 0 aliphatic carbocycles. The summed E-state index contributed by atoms with van der Waals surface area (Å²) in [6.45, 7) is 2.78. The van der Waals surface area contributed by atoms with Crippen molar-refractivity contribution < 1.29 is 4.42 Å². The summed E-state index contributed by atoms with van der Waals surface area (Å²) >= 11 is 3.28. The van der Waals surface area contributed by atoms with Gasteiger partial charge in [0.05, 0.1) is 12.2 Å². The van der Waals surface area contributed by atoms with Crippen LogP contribution in [0.4, 0.5) is 0 Å². The van der Waals surface area contributed by atoms with E-state index in [1.807, 2.05) is 30.3 Å². The Kier molecular flexibility index (Phi) is 3.74. The van der Waals surface area contributed by atoms with E-state index in [0.717, 1.165) is 16.1 Å². The van der Waals surface area contributed by atoms with E-state index in [2.05, 4.69) is 33.2 Å². The molecule has 1 atom stereocenters. The third-order valence-corrected chi connectivity index (χ3v) is 2.77. The van der Waals surface area contributed by atoms with Crippen LogP contribution in [-0.2, 0) is 6.54 Å². The van der Waals surface area contributed by atoms with Crippen molar-refractivity contribution in [2.75, 3.05) is 0 Å². The summed E-state index contributed by atoms with van der Waals surface area (Å²) in [5.74, 6) is 0.912. The fourth-order valence-electron chi connectivity index (χ4n) is 1.44. The van der Waals surface area contributed by atoms with Crippen molar-refractivity contribution in [1.29, 1.82) is 0 Å². The van der Waals surface area contributed by atoms with Gasteiger partial charge >= 0.3 is 0 Å². The molecular formula is C12H13BrN2O. The van der Waals surface area contributed by atoms with Crippen molar-refractivity contribution >= 4 is 15.9 Å². The van der Waals surface area contributed by atoms with E-state index in [0.29, 0.717) is 6.54 Å². The molecule has 0 spiro atoms. The Balaban J connectivity index is 1.91. The Labute approximate surface area is 103 Å². The molecule has 0 aliphatic rings. The number of aromatic nitrogens is 1. The first-order valence-electron chi connectivity index (χ1n) is 5.14. The number of rotatable bonds is 4. The smallest absolute Gasteiger partial charge is 0.169 e. The van der Waals surface area contributed by atoms with Gasteiger partial charge in [0, 0.05) is 12.2 Å². The van der Waals surface area contributed by atoms with E-state index in [9.17, 15) is 0 Å². The lowest BCUT2D eigenvalue weighted by atomic mass is 10.2. The van der Waals surface area contributed by atoms with Crippen molar-refractivity contribution in [2.24, 2.45) is 0 Å². The van der Waals surface area contributed by atoms with Crippen LogP contribution in [0.5, 0.6) is 0 Å². The molecule has 0 saturated carbocycles. The highest BCUT2D eigenvalue weighted by Gasteiger charge is 2.06. The quantitative estimate of drug-likeness (QED) is 0.934. The summed E-state index contributed by atoms with van der Waals surface area (Å²) in [4.78, 5) is 4.29. The van der Waals surface area contributed by atoms with E-state index < -0.39 is 0 Å². The zero-order valence-corrected chi connectivity index (χ0v) is 10.6. The molecular weight excluding hydrogens is 268 g/mol. The summed E-state index contributed by atoms with van der Waals surface area (Å²) in [7, 11) is 0. The van der Waals surface area contributed by atoms with E-state index in [-0.39, 0.29) is 6.04 Å². The third kappa shape index (κ3) is 2.93. The lowest BCUT2D eigenvalue weighted by Gasteiger charge is -2.11. The highest BCUT2D eigenvalue weighted by Crippen LogP contribution is 2.15. The predicted molar refractivity (Wildman–Crippen MR) is 65.9 cm³/mol. The second-order valence-corrected chi connectivity index (χ2v) is 4.34. The molecule has 84 valence electrons. The highest BCUT2D eigenvalue weighted by atomic mass is 79.9. The second kappa shape index (κ2) is 5.27. The Morgan fingerprint density at radius 1 is 1.38 bits per heavy atom. The van der Waals surface area contributed by atoms with Crippen LogP contribution in [0.15, 0.2) is 45.6 Å². The maximum absolute atomic E-state index is 5.40. The SMILES string of the molecule is CC(NCc1ccc(Br)o1)c1ccccn1. The van der Waals surface area contributed by atoms with Crippen LogP contribution in [0.2, 0.25) is 0 Å². The Bertz CT molecular complexity index is 441. The molecule has 0 aromatic carbocycles. The molecule has 2 heterocycles. The van der Waals surface area contributed by atoms with Gasteiger partial charge in [-0.3, -0.25) is 4.98 Å². The molecule has 4 heteroatoms. The lowest BCUT2D eigenvalue weighted by molar-refractivity contribution is 0.444. The molecule has 1 unspecified atom stereocenters. The molecule has 0 aliphatic heterocycles. The zero-order chi connectivity index (χ0) is 11.4.